The van der Waals surface area contributed by atoms with Crippen LogP contribution in [0.2, 0.25) is 0 Å². The van der Waals surface area contributed by atoms with Gasteiger partial charge < -0.3 is 24.7 Å². The number of rotatable bonds is 12. The molecular weight excluding hydrogens is 424 g/mol. The summed E-state index contributed by atoms with van der Waals surface area (Å²) in [5, 5.41) is 10.8. The van der Waals surface area contributed by atoms with Crippen LogP contribution < -0.4 is 26.1 Å². The van der Waals surface area contributed by atoms with Crippen LogP contribution in [-0.4, -0.2) is 43.3 Å². The van der Waals surface area contributed by atoms with Gasteiger partial charge in [0.15, 0.2) is 11.4 Å². The summed E-state index contributed by atoms with van der Waals surface area (Å²) in [7, 11) is 0. The number of carbonyl (C=O) groups excluding carboxylic acids is 2. The summed E-state index contributed by atoms with van der Waals surface area (Å²) in [4.78, 5) is 32.1. The van der Waals surface area contributed by atoms with Gasteiger partial charge in [-0.1, -0.05) is 0 Å². The maximum Gasteiger partial charge on any atom is 0.302 e. The summed E-state index contributed by atoms with van der Waals surface area (Å²) in [6, 6.07) is 9.05. The maximum absolute atomic E-state index is 10.9. The van der Waals surface area contributed by atoms with E-state index in [0.29, 0.717) is 28.6 Å². The second-order valence-electron chi connectivity index (χ2n) is 6.40. The predicted octanol–water partition coefficient (Wildman–Crippen LogP) is 1.28. The van der Waals surface area contributed by atoms with Crippen molar-refractivity contribution in [2.24, 2.45) is 0 Å². The third kappa shape index (κ3) is 7.99. The topological polar surface area (TPSA) is 169 Å². The van der Waals surface area contributed by atoms with Crippen molar-refractivity contribution in [2.75, 3.05) is 37.6 Å². The first-order valence-electron chi connectivity index (χ1n) is 9.56. The van der Waals surface area contributed by atoms with Gasteiger partial charge in [-0.3, -0.25) is 19.7 Å². The lowest BCUT2D eigenvalue weighted by Crippen LogP contribution is -2.82. The van der Waals surface area contributed by atoms with Crippen molar-refractivity contribution >= 4 is 34.7 Å². The average Bonchev–Trinajstić information content (AvgIpc) is 2.74. The highest BCUT2D eigenvalue weighted by Crippen LogP contribution is 2.32. The molecule has 2 rings (SSSR count). The fourth-order valence-electron chi connectivity index (χ4n) is 2.47. The second-order valence-corrected chi connectivity index (χ2v) is 6.40. The molecule has 0 radical (unpaired) electrons. The number of nitrogens with zero attached hydrogens (tertiary/aromatic N) is 1. The first-order valence-corrected chi connectivity index (χ1v) is 9.56. The van der Waals surface area contributed by atoms with Crippen molar-refractivity contribution in [3.63, 3.8) is 0 Å². The highest BCUT2D eigenvalue weighted by atomic mass is 16.6. The molecule has 0 amide bonds. The molecular formula is C20H25N4O8+. The Hall–Kier alpha value is -4.06. The van der Waals surface area contributed by atoms with E-state index in [4.69, 9.17) is 24.7 Å². The van der Waals surface area contributed by atoms with E-state index in [1.807, 2.05) is 0 Å². The lowest BCUT2D eigenvalue weighted by molar-refractivity contribution is -0.539. The van der Waals surface area contributed by atoms with E-state index in [9.17, 15) is 19.7 Å². The predicted molar refractivity (Wildman–Crippen MR) is 113 cm³/mol. The zero-order chi connectivity index (χ0) is 23.5. The minimum absolute atomic E-state index is 0.0269. The lowest BCUT2D eigenvalue weighted by Gasteiger charge is -2.15. The van der Waals surface area contributed by atoms with Gasteiger partial charge in [-0.25, -0.2) is 10.9 Å². The summed E-state index contributed by atoms with van der Waals surface area (Å²) < 4.78 is 21.0. The number of benzene rings is 2. The van der Waals surface area contributed by atoms with Gasteiger partial charge in [-0.15, -0.1) is 0 Å². The average molecular weight is 449 g/mol. The van der Waals surface area contributed by atoms with E-state index in [0.717, 1.165) is 0 Å². The maximum atomic E-state index is 10.9. The molecule has 0 aliphatic carbocycles. The molecule has 12 nitrogen and oxygen atoms in total. The number of hydrogen-bond donors (Lipinski definition) is 3. The molecule has 2 aromatic carbocycles. The number of nitrogens with one attached hydrogen (secondary N) is 1. The molecule has 5 N–H and O–H groups in total. The standard InChI is InChI=1S/C20H24N4O8/c1-13(25)29-7-9-31-19-12-18(20(11-17(19)21)32-10-8-30-14(2)26)23-22-15-3-5-16(6-4-15)24(27)28/h3-6,11-12,22-23H,7-10,21H2,1-2H3/p+1. The Kier molecular flexibility index (Phi) is 9.05. The number of non-ortho nitro benzene ring substituents is 1. The van der Waals surface area contributed by atoms with Crippen LogP contribution in [0, 0.1) is 10.1 Å². The summed E-state index contributed by atoms with van der Waals surface area (Å²) in [5.41, 5.74) is 12.1. The van der Waals surface area contributed by atoms with Gasteiger partial charge in [-0.2, -0.15) is 0 Å². The van der Waals surface area contributed by atoms with Gasteiger partial charge >= 0.3 is 11.9 Å². The van der Waals surface area contributed by atoms with Crippen LogP contribution >= 0.6 is 0 Å². The number of nitrogens with two attached hydrogens (primary N) is 2. The lowest BCUT2D eigenvalue weighted by atomic mass is 10.2. The third-order valence-corrected chi connectivity index (χ3v) is 3.91. The van der Waals surface area contributed by atoms with E-state index in [1.54, 1.807) is 29.7 Å². The largest absolute Gasteiger partial charge is 0.488 e. The second kappa shape index (κ2) is 12.0. The van der Waals surface area contributed by atoms with Crippen LogP contribution in [0.3, 0.4) is 0 Å². The molecule has 0 fully saturated rings. The van der Waals surface area contributed by atoms with Crippen LogP contribution in [-0.2, 0) is 19.1 Å². The van der Waals surface area contributed by atoms with Crippen LogP contribution in [0.4, 0.5) is 22.7 Å². The third-order valence-electron chi connectivity index (χ3n) is 3.91. The minimum Gasteiger partial charge on any atom is -0.488 e. The molecule has 0 aliphatic rings. The van der Waals surface area contributed by atoms with Crippen molar-refractivity contribution < 1.29 is 38.9 Å². The van der Waals surface area contributed by atoms with Gasteiger partial charge in [0.25, 0.3) is 5.69 Å². The SMILES string of the molecule is CC(=O)OCCOc1cc([NH2+]Nc2ccc([N+](=O)[O-])cc2)c(OCCOC(C)=O)cc1N. The smallest absolute Gasteiger partial charge is 0.302 e. The van der Waals surface area contributed by atoms with Crippen molar-refractivity contribution in [3.05, 3.63) is 46.5 Å². The molecule has 32 heavy (non-hydrogen) atoms. The van der Waals surface area contributed by atoms with Crippen LogP contribution in [0.15, 0.2) is 36.4 Å². The van der Waals surface area contributed by atoms with E-state index in [-0.39, 0.29) is 32.1 Å². The van der Waals surface area contributed by atoms with Crippen molar-refractivity contribution in [1.29, 1.82) is 0 Å². The first kappa shape index (κ1) is 24.2. The minimum atomic E-state index is -0.484. The number of nitro groups is 1. The van der Waals surface area contributed by atoms with Gasteiger partial charge in [0.05, 0.1) is 16.3 Å². The first-order chi connectivity index (χ1) is 15.3. The normalized spacial score (nSPS) is 10.2. The van der Waals surface area contributed by atoms with E-state index in [1.165, 1.54) is 26.0 Å². The Morgan fingerprint density at radius 3 is 2.06 bits per heavy atom. The van der Waals surface area contributed by atoms with E-state index < -0.39 is 16.9 Å². The fourth-order valence-corrected chi connectivity index (χ4v) is 2.47. The molecule has 172 valence electrons. The molecule has 0 aliphatic heterocycles. The Bertz CT molecular complexity index is 949. The molecule has 12 heteroatoms. The number of hydrogen-bond acceptors (Lipinski definition) is 10. The zero-order valence-corrected chi connectivity index (χ0v) is 17.7. The molecule has 0 spiro atoms. The highest BCUT2D eigenvalue weighted by Gasteiger charge is 2.15. The molecule has 0 unspecified atom stereocenters. The number of nitrogen functional groups attached to an aromatic ring is 2. The molecule has 0 saturated carbocycles. The van der Waals surface area contributed by atoms with Gasteiger partial charge in [0.2, 0.25) is 0 Å². The Morgan fingerprint density at radius 1 is 0.969 bits per heavy atom. The quantitative estimate of drug-likeness (QED) is 0.107. The molecule has 0 atom stereocenters. The monoisotopic (exact) mass is 449 g/mol. The van der Waals surface area contributed by atoms with Gasteiger partial charge in [0.1, 0.15) is 32.2 Å². The Balaban J connectivity index is 2.12. The highest BCUT2D eigenvalue weighted by molar-refractivity contribution is 5.66. The Morgan fingerprint density at radius 2 is 1.53 bits per heavy atom. The number of anilines is 2. The Labute approximate surface area is 183 Å². The van der Waals surface area contributed by atoms with Crippen molar-refractivity contribution in [1.82, 2.24) is 0 Å². The molecule has 0 saturated heterocycles. The number of esters is 2. The molecule has 0 heterocycles. The van der Waals surface area contributed by atoms with Gasteiger partial charge in [0, 0.05) is 38.1 Å². The van der Waals surface area contributed by atoms with Crippen molar-refractivity contribution in [3.8, 4) is 11.5 Å². The van der Waals surface area contributed by atoms with E-state index >= 15 is 0 Å². The number of nitro benzene ring substituents is 1. The number of quaternary nitrogens is 1. The van der Waals surface area contributed by atoms with Crippen LogP contribution in [0.25, 0.3) is 0 Å². The summed E-state index contributed by atoms with van der Waals surface area (Å²) in [6.45, 7) is 2.93. The van der Waals surface area contributed by atoms with Crippen LogP contribution in [0.5, 0.6) is 11.5 Å². The summed E-state index contributed by atoms with van der Waals surface area (Å²) in [5.74, 6) is -0.0895. The fraction of sp³-hybridized carbons (Fsp3) is 0.300. The number of carbonyl (C=O) groups is 2. The van der Waals surface area contributed by atoms with E-state index in [2.05, 4.69) is 5.43 Å². The zero-order valence-electron chi connectivity index (χ0n) is 17.7. The number of ether oxygens (including phenoxy) is 4. The summed E-state index contributed by atoms with van der Waals surface area (Å²) >= 11 is 0. The molecule has 0 bridgehead atoms. The van der Waals surface area contributed by atoms with Crippen molar-refractivity contribution in [2.45, 2.75) is 13.8 Å². The summed E-state index contributed by atoms with van der Waals surface area (Å²) in [6.07, 6.45) is 0. The van der Waals surface area contributed by atoms with Gasteiger partial charge in [-0.05, 0) is 12.1 Å². The molecule has 0 aromatic heterocycles. The van der Waals surface area contributed by atoms with Crippen LogP contribution in [0.1, 0.15) is 13.8 Å². The molecule has 2 aromatic rings.